The number of benzene rings is 3. The summed E-state index contributed by atoms with van der Waals surface area (Å²) in [6.45, 7) is 3.58. The lowest BCUT2D eigenvalue weighted by atomic mass is 10.2. The number of rotatable bonds is 10. The Balaban J connectivity index is 1.51. The summed E-state index contributed by atoms with van der Waals surface area (Å²) >= 11 is 11.5. The van der Waals surface area contributed by atoms with E-state index in [0.29, 0.717) is 27.6 Å². The van der Waals surface area contributed by atoms with Crippen LogP contribution in [0.2, 0.25) is 0 Å². The molecule has 8 nitrogen and oxygen atoms in total. The monoisotopic (exact) mass is 607 g/mol. The van der Waals surface area contributed by atoms with Crippen LogP contribution in [0.15, 0.2) is 100 Å². The SMILES string of the molecule is CNC(=S)N/N=C(C)/C(C)=N/NC(=S)N/N=C/c1ccc(C(=O)SCP(c2ccccc2)c2ccccc2)cc1. The lowest BCUT2D eigenvalue weighted by molar-refractivity contribution is 0.108. The summed E-state index contributed by atoms with van der Waals surface area (Å²) in [4.78, 5) is 13.0. The van der Waals surface area contributed by atoms with E-state index in [4.69, 9.17) is 24.4 Å². The number of thioether (sulfide) groups is 1. The van der Waals surface area contributed by atoms with E-state index in [9.17, 15) is 4.79 Å². The summed E-state index contributed by atoms with van der Waals surface area (Å²) in [5.41, 5.74) is 11.6. The predicted molar refractivity (Wildman–Crippen MR) is 180 cm³/mol. The molecular formula is C28H30N7OPS3. The Morgan fingerprint density at radius 2 is 1.32 bits per heavy atom. The minimum Gasteiger partial charge on any atom is -0.364 e. The van der Waals surface area contributed by atoms with Crippen molar-refractivity contribution in [1.29, 1.82) is 0 Å². The van der Waals surface area contributed by atoms with Crippen molar-refractivity contribution >= 4 is 87.7 Å². The van der Waals surface area contributed by atoms with Gasteiger partial charge in [0.1, 0.15) is 0 Å². The zero-order valence-electron chi connectivity index (χ0n) is 22.3. The molecule has 3 aromatic carbocycles. The van der Waals surface area contributed by atoms with E-state index in [2.05, 4.69) is 61.2 Å². The molecule has 0 amide bonds. The van der Waals surface area contributed by atoms with Crippen LogP contribution < -0.4 is 32.2 Å². The molecule has 0 atom stereocenters. The van der Waals surface area contributed by atoms with E-state index >= 15 is 0 Å². The molecule has 0 aliphatic rings. The Bertz CT molecular complexity index is 1340. The van der Waals surface area contributed by atoms with E-state index < -0.39 is 7.92 Å². The maximum atomic E-state index is 13.0. The van der Waals surface area contributed by atoms with Crippen LogP contribution in [0.3, 0.4) is 0 Å². The van der Waals surface area contributed by atoms with Crippen molar-refractivity contribution in [3.63, 3.8) is 0 Å². The zero-order valence-corrected chi connectivity index (χ0v) is 25.6. The standard InChI is InChI=1S/C28H30N7OPS3/c1-20(31-34-27(38)29-3)21(2)32-35-28(39)33-30-18-22-14-16-23(17-15-22)26(36)40-19-37(24-10-6-4-7-11-24)25-12-8-5-9-13-25/h4-18H,19H2,1-3H3,(H2,29,34,38)(H2,33,35,39)/b30-18+,31-20+,32-21+. The number of hydrogen-bond donors (Lipinski definition) is 4. The molecule has 0 radical (unpaired) electrons. The predicted octanol–water partition coefficient (Wildman–Crippen LogP) is 4.29. The Morgan fingerprint density at radius 3 is 1.85 bits per heavy atom. The van der Waals surface area contributed by atoms with Crippen LogP contribution in [0.1, 0.15) is 29.8 Å². The van der Waals surface area contributed by atoms with Crippen molar-refractivity contribution in [2.24, 2.45) is 15.3 Å². The Morgan fingerprint density at radius 1 is 0.800 bits per heavy atom. The van der Waals surface area contributed by atoms with Gasteiger partial charge in [0.05, 0.1) is 17.6 Å². The van der Waals surface area contributed by atoms with Crippen LogP contribution in [0.25, 0.3) is 0 Å². The second-order valence-electron chi connectivity index (χ2n) is 8.18. The van der Waals surface area contributed by atoms with Gasteiger partial charge in [0.15, 0.2) is 5.11 Å². The number of hydrazone groups is 3. The van der Waals surface area contributed by atoms with Gasteiger partial charge in [0.25, 0.3) is 0 Å². The van der Waals surface area contributed by atoms with Gasteiger partial charge in [-0.1, -0.05) is 84.6 Å². The first-order valence-corrected chi connectivity index (χ1v) is 15.5. The molecule has 4 N–H and O–H groups in total. The van der Waals surface area contributed by atoms with Gasteiger partial charge in [-0.25, -0.2) is 0 Å². The zero-order chi connectivity index (χ0) is 28.7. The number of carbonyl (C=O) groups is 1. The van der Waals surface area contributed by atoms with Gasteiger partial charge in [-0.15, -0.1) is 0 Å². The number of carbonyl (C=O) groups excluding carboxylic acids is 1. The molecule has 3 aromatic rings. The first-order chi connectivity index (χ1) is 19.4. The van der Waals surface area contributed by atoms with Crippen molar-refractivity contribution in [1.82, 2.24) is 21.6 Å². The fourth-order valence-corrected chi connectivity index (χ4v) is 7.09. The highest BCUT2D eigenvalue weighted by Gasteiger charge is 2.16. The maximum Gasteiger partial charge on any atom is 0.219 e. The molecular weight excluding hydrogens is 578 g/mol. The van der Waals surface area contributed by atoms with Gasteiger partial charge in [-0.2, -0.15) is 15.3 Å². The third kappa shape index (κ3) is 10.2. The first kappa shape index (κ1) is 31.0. The second kappa shape index (κ2) is 16.6. The van der Waals surface area contributed by atoms with Crippen molar-refractivity contribution in [3.05, 3.63) is 96.1 Å². The molecule has 3 rings (SSSR count). The van der Waals surface area contributed by atoms with E-state index in [0.717, 1.165) is 5.56 Å². The van der Waals surface area contributed by atoms with Crippen molar-refractivity contribution < 1.29 is 4.79 Å². The van der Waals surface area contributed by atoms with Crippen molar-refractivity contribution in [2.45, 2.75) is 13.8 Å². The summed E-state index contributed by atoms with van der Waals surface area (Å²) in [7, 11) is 1.06. The Hall–Kier alpha value is -3.50. The lowest BCUT2D eigenvalue weighted by Crippen LogP contribution is -2.31. The quantitative estimate of drug-likeness (QED) is 0.117. The smallest absolute Gasteiger partial charge is 0.219 e. The molecule has 0 saturated heterocycles. The van der Waals surface area contributed by atoms with Gasteiger partial charge in [-0.05, 0) is 74.5 Å². The van der Waals surface area contributed by atoms with Crippen LogP contribution in [0.4, 0.5) is 0 Å². The topological polar surface area (TPSA) is 102 Å². The fraction of sp³-hybridized carbons (Fsp3) is 0.143. The second-order valence-corrected chi connectivity index (χ2v) is 12.6. The highest BCUT2D eigenvalue weighted by Crippen LogP contribution is 2.38. The highest BCUT2D eigenvalue weighted by atomic mass is 32.2. The van der Waals surface area contributed by atoms with Crippen LogP contribution in [-0.2, 0) is 0 Å². The van der Waals surface area contributed by atoms with Crippen LogP contribution in [-0.4, -0.2) is 45.5 Å². The van der Waals surface area contributed by atoms with E-state index in [1.807, 2.05) is 60.7 Å². The van der Waals surface area contributed by atoms with Gasteiger partial charge in [0, 0.05) is 18.1 Å². The number of thiocarbonyl (C=S) groups is 2. The van der Waals surface area contributed by atoms with Gasteiger partial charge in [0.2, 0.25) is 10.2 Å². The van der Waals surface area contributed by atoms with Gasteiger partial charge < -0.3 is 5.32 Å². The molecule has 12 heteroatoms. The molecule has 0 aliphatic heterocycles. The summed E-state index contributed by atoms with van der Waals surface area (Å²) in [6.07, 6.45) is 1.62. The summed E-state index contributed by atoms with van der Waals surface area (Å²) in [5.74, 6) is 0. The molecule has 0 spiro atoms. The molecule has 0 heterocycles. The molecule has 0 aliphatic carbocycles. The molecule has 206 valence electrons. The third-order valence-corrected chi connectivity index (χ3v) is 9.76. The molecule has 0 saturated carbocycles. The van der Waals surface area contributed by atoms with Crippen molar-refractivity contribution in [2.75, 3.05) is 12.5 Å². The summed E-state index contributed by atoms with van der Waals surface area (Å²) in [5, 5.41) is 18.4. The Kier molecular flexibility index (Phi) is 12.9. The van der Waals surface area contributed by atoms with E-state index in [-0.39, 0.29) is 10.2 Å². The maximum absolute atomic E-state index is 13.0. The van der Waals surface area contributed by atoms with Crippen LogP contribution >= 0.6 is 44.1 Å². The summed E-state index contributed by atoms with van der Waals surface area (Å²) in [6, 6.07) is 28.1. The summed E-state index contributed by atoms with van der Waals surface area (Å²) < 4.78 is 0. The van der Waals surface area contributed by atoms with E-state index in [1.165, 1.54) is 22.4 Å². The lowest BCUT2D eigenvalue weighted by Gasteiger charge is -2.18. The minimum atomic E-state index is -0.643. The number of nitrogens with zero attached hydrogens (tertiary/aromatic N) is 3. The number of hydrogen-bond acceptors (Lipinski definition) is 7. The molecule has 0 bridgehead atoms. The van der Waals surface area contributed by atoms with E-state index in [1.54, 1.807) is 27.1 Å². The molecule has 40 heavy (non-hydrogen) atoms. The highest BCUT2D eigenvalue weighted by molar-refractivity contribution is 8.18. The molecule has 0 unspecified atom stereocenters. The normalized spacial score (nSPS) is 11.8. The first-order valence-electron chi connectivity index (χ1n) is 12.2. The van der Waals surface area contributed by atoms with Crippen LogP contribution in [0, 0.1) is 0 Å². The van der Waals surface area contributed by atoms with Crippen LogP contribution in [0.5, 0.6) is 0 Å². The molecule has 0 fully saturated rings. The minimum absolute atomic E-state index is 0.0430. The largest absolute Gasteiger partial charge is 0.364 e. The van der Waals surface area contributed by atoms with Crippen molar-refractivity contribution in [3.8, 4) is 0 Å². The average molecular weight is 608 g/mol. The molecule has 0 aromatic heterocycles. The third-order valence-electron chi connectivity index (χ3n) is 5.39. The fourth-order valence-electron chi connectivity index (χ4n) is 3.10. The average Bonchev–Trinajstić information content (AvgIpc) is 2.99. The number of nitrogens with one attached hydrogen (secondary N) is 4. The Labute approximate surface area is 250 Å². The van der Waals surface area contributed by atoms with Gasteiger partial charge in [-0.3, -0.25) is 21.1 Å². The van der Waals surface area contributed by atoms with Gasteiger partial charge >= 0.3 is 0 Å².